The minimum Gasteiger partial charge on any atom is -0.389 e. The SMILES string of the molecule is CN(Cc1csc(Br)c1)c1ncc(N)s1. The molecule has 6 heteroatoms. The number of thiazole rings is 1. The molecule has 0 atom stereocenters. The van der Waals surface area contributed by atoms with E-state index in [2.05, 4.69) is 37.3 Å². The van der Waals surface area contributed by atoms with Crippen LogP contribution in [0.4, 0.5) is 10.1 Å². The maximum Gasteiger partial charge on any atom is 0.187 e. The molecule has 0 aliphatic carbocycles. The van der Waals surface area contributed by atoms with Crippen molar-refractivity contribution in [3.05, 3.63) is 27.0 Å². The molecule has 0 fully saturated rings. The van der Waals surface area contributed by atoms with Crippen LogP contribution in [0, 0.1) is 0 Å². The molecule has 0 saturated carbocycles. The molecule has 2 aromatic heterocycles. The minimum atomic E-state index is 0.753. The minimum absolute atomic E-state index is 0.753. The fourth-order valence-corrected chi connectivity index (χ4v) is 3.07. The zero-order chi connectivity index (χ0) is 10.8. The van der Waals surface area contributed by atoms with Gasteiger partial charge in [-0.2, -0.15) is 0 Å². The monoisotopic (exact) mass is 303 g/mol. The fraction of sp³-hybridized carbons (Fsp3) is 0.222. The Labute approximate surface area is 105 Å². The van der Waals surface area contributed by atoms with Crippen LogP contribution >= 0.6 is 38.6 Å². The molecule has 3 nitrogen and oxygen atoms in total. The van der Waals surface area contributed by atoms with Crippen molar-refractivity contribution in [2.75, 3.05) is 17.7 Å². The maximum atomic E-state index is 5.64. The van der Waals surface area contributed by atoms with Gasteiger partial charge in [0, 0.05) is 13.6 Å². The van der Waals surface area contributed by atoms with Crippen LogP contribution in [0.3, 0.4) is 0 Å². The van der Waals surface area contributed by atoms with E-state index in [-0.39, 0.29) is 0 Å². The van der Waals surface area contributed by atoms with E-state index in [9.17, 15) is 0 Å². The van der Waals surface area contributed by atoms with Gasteiger partial charge in [-0.25, -0.2) is 4.98 Å². The van der Waals surface area contributed by atoms with Crippen LogP contribution in [0.25, 0.3) is 0 Å². The lowest BCUT2D eigenvalue weighted by Crippen LogP contribution is -2.15. The predicted octanol–water partition coefficient (Wildman–Crippen LogP) is 3.19. The number of nitrogen functional groups attached to an aromatic ring is 1. The van der Waals surface area contributed by atoms with E-state index < -0.39 is 0 Å². The Balaban J connectivity index is 2.06. The first-order valence-electron chi connectivity index (χ1n) is 4.30. The van der Waals surface area contributed by atoms with E-state index in [0.29, 0.717) is 0 Å². The Morgan fingerprint density at radius 3 is 2.93 bits per heavy atom. The van der Waals surface area contributed by atoms with Crippen molar-refractivity contribution in [1.29, 1.82) is 0 Å². The Hall–Kier alpha value is -0.590. The molecule has 2 rings (SSSR count). The highest BCUT2D eigenvalue weighted by molar-refractivity contribution is 9.11. The van der Waals surface area contributed by atoms with Crippen molar-refractivity contribution in [3.63, 3.8) is 0 Å². The van der Waals surface area contributed by atoms with Crippen molar-refractivity contribution in [2.24, 2.45) is 0 Å². The van der Waals surface area contributed by atoms with Gasteiger partial charge in [0.15, 0.2) is 5.13 Å². The van der Waals surface area contributed by atoms with E-state index in [1.807, 2.05) is 7.05 Å². The summed E-state index contributed by atoms with van der Waals surface area (Å²) in [6.45, 7) is 0.856. The van der Waals surface area contributed by atoms with Gasteiger partial charge < -0.3 is 10.6 Å². The lowest BCUT2D eigenvalue weighted by atomic mass is 10.3. The van der Waals surface area contributed by atoms with Gasteiger partial charge in [-0.3, -0.25) is 0 Å². The highest BCUT2D eigenvalue weighted by atomic mass is 79.9. The Morgan fingerprint density at radius 1 is 1.60 bits per heavy atom. The third kappa shape index (κ3) is 2.70. The lowest BCUT2D eigenvalue weighted by Gasteiger charge is -2.14. The van der Waals surface area contributed by atoms with Crippen molar-refractivity contribution in [1.82, 2.24) is 4.98 Å². The van der Waals surface area contributed by atoms with Crippen molar-refractivity contribution < 1.29 is 0 Å². The fourth-order valence-electron chi connectivity index (χ4n) is 1.22. The van der Waals surface area contributed by atoms with Crippen LogP contribution in [0.2, 0.25) is 0 Å². The molecule has 0 saturated heterocycles. The number of anilines is 2. The van der Waals surface area contributed by atoms with Gasteiger partial charge in [0.25, 0.3) is 0 Å². The molecule has 0 aliphatic rings. The van der Waals surface area contributed by atoms with Gasteiger partial charge in [-0.05, 0) is 32.9 Å². The number of halogens is 1. The second kappa shape index (κ2) is 4.51. The van der Waals surface area contributed by atoms with Crippen LogP contribution in [-0.2, 0) is 6.54 Å². The van der Waals surface area contributed by atoms with Crippen LogP contribution in [-0.4, -0.2) is 12.0 Å². The third-order valence-corrected chi connectivity index (χ3v) is 4.37. The zero-order valence-electron chi connectivity index (χ0n) is 8.11. The molecule has 2 N–H and O–H groups in total. The van der Waals surface area contributed by atoms with Crippen molar-refractivity contribution in [2.45, 2.75) is 6.54 Å². The van der Waals surface area contributed by atoms with Gasteiger partial charge in [0.2, 0.25) is 0 Å². The predicted molar refractivity (Wildman–Crippen MR) is 70.7 cm³/mol. The van der Waals surface area contributed by atoms with Gasteiger partial charge in [0.1, 0.15) is 5.00 Å². The standard InChI is InChI=1S/C9H10BrN3S2/c1-13(9-12-3-8(11)15-9)4-6-2-7(10)14-5-6/h2-3,5H,4,11H2,1H3. The number of hydrogen-bond donors (Lipinski definition) is 1. The Morgan fingerprint density at radius 2 is 2.40 bits per heavy atom. The molecule has 0 radical (unpaired) electrons. The molecule has 0 aromatic carbocycles. The summed E-state index contributed by atoms with van der Waals surface area (Å²) in [5, 5.41) is 3.84. The molecule has 0 spiro atoms. The molecule has 2 aromatic rings. The first-order valence-corrected chi connectivity index (χ1v) is 6.79. The first-order chi connectivity index (χ1) is 7.15. The summed E-state index contributed by atoms with van der Waals surface area (Å²) >= 11 is 6.65. The third-order valence-electron chi connectivity index (χ3n) is 1.88. The molecule has 2 heterocycles. The van der Waals surface area contributed by atoms with Gasteiger partial charge in [0.05, 0.1) is 9.98 Å². The van der Waals surface area contributed by atoms with Crippen LogP contribution in [0.15, 0.2) is 21.4 Å². The summed E-state index contributed by atoms with van der Waals surface area (Å²) < 4.78 is 1.16. The van der Waals surface area contributed by atoms with Crippen LogP contribution < -0.4 is 10.6 Å². The molecule has 80 valence electrons. The topological polar surface area (TPSA) is 42.2 Å². The molecular weight excluding hydrogens is 294 g/mol. The second-order valence-electron chi connectivity index (χ2n) is 3.16. The second-order valence-corrected chi connectivity index (χ2v) is 6.49. The molecule has 0 aliphatic heterocycles. The van der Waals surface area contributed by atoms with E-state index in [4.69, 9.17) is 5.73 Å². The normalized spacial score (nSPS) is 10.5. The molecule has 15 heavy (non-hydrogen) atoms. The van der Waals surface area contributed by atoms with E-state index in [0.717, 1.165) is 20.5 Å². The number of aromatic nitrogens is 1. The number of nitrogens with two attached hydrogens (primary N) is 1. The number of hydrogen-bond acceptors (Lipinski definition) is 5. The van der Waals surface area contributed by atoms with Gasteiger partial charge >= 0.3 is 0 Å². The zero-order valence-corrected chi connectivity index (χ0v) is 11.3. The van der Waals surface area contributed by atoms with E-state index in [1.54, 1.807) is 17.5 Å². The Bertz CT molecular complexity index is 452. The molecule has 0 bridgehead atoms. The quantitative estimate of drug-likeness (QED) is 0.947. The lowest BCUT2D eigenvalue weighted by molar-refractivity contribution is 0.919. The summed E-state index contributed by atoms with van der Waals surface area (Å²) in [4.78, 5) is 6.32. The Kier molecular flexibility index (Phi) is 3.28. The molecule has 0 amide bonds. The van der Waals surface area contributed by atoms with E-state index >= 15 is 0 Å². The number of nitrogens with zero attached hydrogens (tertiary/aromatic N) is 2. The summed E-state index contributed by atoms with van der Waals surface area (Å²) in [7, 11) is 2.02. The molecular formula is C9H10BrN3S2. The van der Waals surface area contributed by atoms with Gasteiger partial charge in [-0.15, -0.1) is 11.3 Å². The summed E-state index contributed by atoms with van der Waals surface area (Å²) in [5.74, 6) is 0. The molecule has 0 unspecified atom stereocenters. The average molecular weight is 304 g/mol. The maximum absolute atomic E-state index is 5.64. The summed E-state index contributed by atoms with van der Waals surface area (Å²) in [6.07, 6.45) is 1.69. The highest BCUT2D eigenvalue weighted by Crippen LogP contribution is 2.26. The summed E-state index contributed by atoms with van der Waals surface area (Å²) in [6, 6.07) is 2.12. The summed E-state index contributed by atoms with van der Waals surface area (Å²) in [5.41, 5.74) is 6.92. The smallest absolute Gasteiger partial charge is 0.187 e. The van der Waals surface area contributed by atoms with Crippen molar-refractivity contribution in [3.8, 4) is 0 Å². The number of rotatable bonds is 3. The van der Waals surface area contributed by atoms with Crippen molar-refractivity contribution >= 4 is 48.7 Å². The van der Waals surface area contributed by atoms with Crippen LogP contribution in [0.1, 0.15) is 5.56 Å². The number of thiophene rings is 1. The average Bonchev–Trinajstić information content (AvgIpc) is 2.75. The van der Waals surface area contributed by atoms with Gasteiger partial charge in [-0.1, -0.05) is 11.3 Å². The largest absolute Gasteiger partial charge is 0.389 e. The van der Waals surface area contributed by atoms with Crippen LogP contribution in [0.5, 0.6) is 0 Å². The highest BCUT2D eigenvalue weighted by Gasteiger charge is 2.07. The first kappa shape index (κ1) is 10.9. The van der Waals surface area contributed by atoms with E-state index in [1.165, 1.54) is 16.9 Å².